The molecule has 3 N–H and O–H groups in total. The molecular formula is C77H150O17P2. The van der Waals surface area contributed by atoms with Crippen LogP contribution in [0.1, 0.15) is 413 Å². The highest BCUT2D eigenvalue weighted by atomic mass is 31.2. The van der Waals surface area contributed by atoms with Gasteiger partial charge in [-0.15, -0.1) is 0 Å². The fourth-order valence-corrected chi connectivity index (χ4v) is 13.5. The van der Waals surface area contributed by atoms with Crippen molar-refractivity contribution in [2.75, 3.05) is 39.6 Å². The number of rotatable bonds is 78. The number of unbranched alkanes of at least 4 members (excludes halogenated alkanes) is 52. The maximum absolute atomic E-state index is 13.1. The van der Waals surface area contributed by atoms with Crippen LogP contribution >= 0.6 is 15.6 Å². The predicted octanol–water partition coefficient (Wildman–Crippen LogP) is 23.0. The summed E-state index contributed by atoms with van der Waals surface area (Å²) in [6.45, 7) is 5.02. The fourth-order valence-electron chi connectivity index (χ4n) is 11.9. The first kappa shape index (κ1) is 94.1. The molecule has 0 aromatic rings. The lowest BCUT2D eigenvalue weighted by Gasteiger charge is -2.21. The van der Waals surface area contributed by atoms with Gasteiger partial charge in [-0.2, -0.15) is 0 Å². The average molecular weight is 1410 g/mol. The van der Waals surface area contributed by atoms with E-state index in [0.717, 1.165) is 89.9 Å². The molecule has 0 amide bonds. The van der Waals surface area contributed by atoms with E-state index in [1.165, 1.54) is 244 Å². The van der Waals surface area contributed by atoms with Crippen LogP contribution in [-0.4, -0.2) is 96.7 Å². The highest BCUT2D eigenvalue weighted by Crippen LogP contribution is 2.45. The number of ether oxygens (including phenoxy) is 4. The topological polar surface area (TPSA) is 237 Å². The zero-order valence-corrected chi connectivity index (χ0v) is 64.1. The van der Waals surface area contributed by atoms with Crippen molar-refractivity contribution < 1.29 is 80.2 Å². The molecule has 0 saturated carbocycles. The van der Waals surface area contributed by atoms with E-state index in [1.807, 2.05) is 0 Å². The summed E-state index contributed by atoms with van der Waals surface area (Å²) < 4.78 is 68.6. The lowest BCUT2D eigenvalue weighted by molar-refractivity contribution is -0.161. The summed E-state index contributed by atoms with van der Waals surface area (Å²) in [6, 6.07) is 0. The number of aliphatic hydroxyl groups excluding tert-OH is 1. The van der Waals surface area contributed by atoms with Crippen LogP contribution in [0.5, 0.6) is 0 Å². The van der Waals surface area contributed by atoms with E-state index in [-0.39, 0.29) is 25.7 Å². The van der Waals surface area contributed by atoms with E-state index < -0.39 is 97.5 Å². The molecule has 0 saturated heterocycles. The van der Waals surface area contributed by atoms with Gasteiger partial charge in [0.1, 0.15) is 19.3 Å². The van der Waals surface area contributed by atoms with Gasteiger partial charge in [0, 0.05) is 25.7 Å². The van der Waals surface area contributed by atoms with Gasteiger partial charge in [-0.25, -0.2) is 9.13 Å². The largest absolute Gasteiger partial charge is 0.472 e. The lowest BCUT2D eigenvalue weighted by atomic mass is 10.0. The molecule has 19 heteroatoms. The zero-order valence-electron chi connectivity index (χ0n) is 62.4. The fraction of sp³-hybridized carbons (Fsp3) is 0.948. The first-order valence-corrected chi connectivity index (χ1v) is 43.3. The average Bonchev–Trinajstić information content (AvgIpc) is 1.60. The zero-order chi connectivity index (χ0) is 70.4. The van der Waals surface area contributed by atoms with Crippen molar-refractivity contribution in [1.29, 1.82) is 0 Å². The number of carbonyl (C=O) groups excluding carboxylic acids is 4. The highest BCUT2D eigenvalue weighted by molar-refractivity contribution is 7.47. The maximum Gasteiger partial charge on any atom is 0.472 e. The molecule has 0 aromatic heterocycles. The second-order valence-corrected chi connectivity index (χ2v) is 30.7. The van der Waals surface area contributed by atoms with Crippen LogP contribution < -0.4 is 0 Å². The van der Waals surface area contributed by atoms with E-state index in [0.29, 0.717) is 25.7 Å². The summed E-state index contributed by atoms with van der Waals surface area (Å²) >= 11 is 0. The normalized spacial score (nSPS) is 13.9. The molecule has 0 rings (SSSR count). The molecule has 0 heterocycles. The van der Waals surface area contributed by atoms with Crippen LogP contribution in [0, 0.1) is 0 Å². The number of hydrogen-bond donors (Lipinski definition) is 3. The highest BCUT2D eigenvalue weighted by Gasteiger charge is 2.30. The van der Waals surface area contributed by atoms with Crippen LogP contribution in [0.3, 0.4) is 0 Å². The van der Waals surface area contributed by atoms with Crippen LogP contribution in [0.15, 0.2) is 0 Å². The molecule has 5 atom stereocenters. The predicted molar refractivity (Wildman–Crippen MR) is 391 cm³/mol. The van der Waals surface area contributed by atoms with Crippen molar-refractivity contribution in [3.05, 3.63) is 0 Å². The van der Waals surface area contributed by atoms with E-state index >= 15 is 0 Å². The first-order chi connectivity index (χ1) is 46.7. The molecule has 17 nitrogen and oxygen atoms in total. The van der Waals surface area contributed by atoms with Crippen molar-refractivity contribution in [1.82, 2.24) is 0 Å². The molecule has 0 aliphatic rings. The summed E-state index contributed by atoms with van der Waals surface area (Å²) in [5, 5.41) is 10.6. The van der Waals surface area contributed by atoms with Gasteiger partial charge >= 0.3 is 39.5 Å². The van der Waals surface area contributed by atoms with Crippen LogP contribution in [-0.2, 0) is 65.4 Å². The Balaban J connectivity index is 5.26. The molecule has 0 radical (unpaired) electrons. The van der Waals surface area contributed by atoms with Crippen molar-refractivity contribution in [2.24, 2.45) is 0 Å². The summed E-state index contributed by atoms with van der Waals surface area (Å²) in [6.07, 6.45) is 62.1. The minimum atomic E-state index is -4.96. The summed E-state index contributed by atoms with van der Waals surface area (Å²) in [4.78, 5) is 72.9. The molecule has 0 aliphatic carbocycles. The Hall–Kier alpha value is -1.94. The first-order valence-electron chi connectivity index (χ1n) is 40.3. The van der Waals surface area contributed by atoms with Gasteiger partial charge in [-0.1, -0.05) is 362 Å². The Labute approximate surface area is 588 Å². The quantitative estimate of drug-likeness (QED) is 0.0222. The summed E-state index contributed by atoms with van der Waals surface area (Å²) in [5.74, 6) is -2.11. The third-order valence-electron chi connectivity index (χ3n) is 18.1. The smallest absolute Gasteiger partial charge is 0.462 e. The third-order valence-corrected chi connectivity index (χ3v) is 20.0. The van der Waals surface area contributed by atoms with Crippen LogP contribution in [0.2, 0.25) is 0 Å². The lowest BCUT2D eigenvalue weighted by Crippen LogP contribution is -2.30. The number of carbonyl (C=O) groups is 4. The van der Waals surface area contributed by atoms with Crippen molar-refractivity contribution in [3.63, 3.8) is 0 Å². The van der Waals surface area contributed by atoms with E-state index in [2.05, 4.69) is 27.7 Å². The van der Waals surface area contributed by atoms with Crippen LogP contribution in [0.25, 0.3) is 0 Å². The van der Waals surface area contributed by atoms with Gasteiger partial charge < -0.3 is 33.8 Å². The van der Waals surface area contributed by atoms with Gasteiger partial charge in [-0.3, -0.25) is 37.3 Å². The van der Waals surface area contributed by atoms with Crippen molar-refractivity contribution in [3.8, 4) is 0 Å². The molecule has 0 aliphatic heterocycles. The minimum absolute atomic E-state index is 0.109. The summed E-state index contributed by atoms with van der Waals surface area (Å²) in [5.41, 5.74) is 0. The Morgan fingerprint density at radius 3 is 0.615 bits per heavy atom. The van der Waals surface area contributed by atoms with E-state index in [1.54, 1.807) is 0 Å². The molecule has 0 aromatic carbocycles. The van der Waals surface area contributed by atoms with Gasteiger partial charge in [-0.05, 0) is 25.7 Å². The van der Waals surface area contributed by atoms with Crippen molar-refractivity contribution >= 4 is 39.5 Å². The Morgan fingerprint density at radius 2 is 0.417 bits per heavy atom. The number of phosphoric acid groups is 2. The second-order valence-electron chi connectivity index (χ2n) is 27.7. The molecule has 2 unspecified atom stereocenters. The molecule has 570 valence electrons. The summed E-state index contributed by atoms with van der Waals surface area (Å²) in [7, 11) is -9.91. The van der Waals surface area contributed by atoms with Crippen LogP contribution in [0.4, 0.5) is 0 Å². The monoisotopic (exact) mass is 1410 g/mol. The Kier molecular flexibility index (Phi) is 70.0. The van der Waals surface area contributed by atoms with Gasteiger partial charge in [0.2, 0.25) is 0 Å². The minimum Gasteiger partial charge on any atom is -0.462 e. The van der Waals surface area contributed by atoms with E-state index in [4.69, 9.17) is 37.0 Å². The Morgan fingerprint density at radius 1 is 0.250 bits per heavy atom. The SMILES string of the molecule is CCCCCCCCCCCCCCCCCC(=O)O[C@H](COC(=O)CCCCCCCCCCCCCCCC)COP(=O)(O)OC[C@@H](O)COP(=O)(O)OC[C@@H](COC(=O)CCCCCCCCCCCCCCC)OC(=O)CCCCCCCCCCCCCCCC. The molecule has 0 fully saturated rings. The standard InChI is InChI=1S/C77H150O17P2/c1-5-9-13-17-21-25-29-33-36-40-44-48-52-56-60-64-77(82)94-73(68-88-75(80)62-58-54-50-46-42-38-34-30-26-22-18-14-10-6-2)70-92-96(85,86)90-66-71(78)65-89-95(83,84)91-69-72(67-87-74(79)61-57-53-49-45-41-37-32-28-24-20-16-12-8-4)93-76(81)63-59-55-51-47-43-39-35-31-27-23-19-15-11-7-3/h71-73,78H,5-70H2,1-4H3,(H,83,84)(H,85,86)/t71-,72+,73+/m0/s1. The van der Waals surface area contributed by atoms with Gasteiger partial charge in [0.25, 0.3) is 0 Å². The van der Waals surface area contributed by atoms with Crippen molar-refractivity contribution in [2.45, 2.75) is 431 Å². The van der Waals surface area contributed by atoms with Gasteiger partial charge in [0.05, 0.1) is 26.4 Å². The second kappa shape index (κ2) is 71.5. The third kappa shape index (κ3) is 70.5. The molecule has 0 bridgehead atoms. The number of esters is 4. The maximum atomic E-state index is 13.1. The Bertz CT molecular complexity index is 1830. The molecular weight excluding hydrogens is 1260 g/mol. The van der Waals surface area contributed by atoms with Gasteiger partial charge in [0.15, 0.2) is 12.2 Å². The number of phosphoric ester groups is 2. The number of aliphatic hydroxyl groups is 1. The van der Waals surface area contributed by atoms with E-state index in [9.17, 15) is 43.2 Å². The molecule has 0 spiro atoms. The number of hydrogen-bond acceptors (Lipinski definition) is 15. The molecule has 96 heavy (non-hydrogen) atoms.